The summed E-state index contributed by atoms with van der Waals surface area (Å²) in [6, 6.07) is -1.50. The van der Waals surface area contributed by atoms with E-state index in [-0.39, 0.29) is 0 Å². The van der Waals surface area contributed by atoms with Crippen LogP contribution in [0.25, 0.3) is 0 Å². The molecule has 9 heteroatoms. The van der Waals surface area contributed by atoms with Crippen LogP contribution in [0.2, 0.25) is 0 Å². The Hall–Kier alpha value is -2.16. The van der Waals surface area contributed by atoms with Crippen molar-refractivity contribution in [3.8, 4) is 0 Å². The molecule has 0 radical (unpaired) electrons. The van der Waals surface area contributed by atoms with Gasteiger partial charge < -0.3 is 10.1 Å². The molecule has 1 aliphatic rings. The van der Waals surface area contributed by atoms with Crippen LogP contribution in [0.15, 0.2) is 0 Å². The van der Waals surface area contributed by atoms with Crippen molar-refractivity contribution in [2.24, 2.45) is 0 Å². The van der Waals surface area contributed by atoms with Crippen molar-refractivity contribution in [2.45, 2.75) is 5.72 Å². The summed E-state index contributed by atoms with van der Waals surface area (Å²) in [4.78, 5) is 48.1. The normalized spacial score (nSPS) is 22.8. The lowest BCUT2D eigenvalue weighted by atomic mass is 10.1. The maximum Gasteiger partial charge on any atom is 0.327 e. The van der Waals surface area contributed by atoms with Crippen LogP contribution in [0.3, 0.4) is 0 Å². The number of ether oxygens (including phenoxy) is 1. The van der Waals surface area contributed by atoms with Crippen molar-refractivity contribution >= 4 is 23.9 Å². The Morgan fingerprint density at radius 1 is 1.44 bits per heavy atom. The van der Waals surface area contributed by atoms with Gasteiger partial charge in [-0.1, -0.05) is 0 Å². The van der Waals surface area contributed by atoms with Crippen molar-refractivity contribution < 1.29 is 23.9 Å². The molecule has 0 spiro atoms. The minimum atomic E-state index is -2.15. The van der Waals surface area contributed by atoms with Crippen LogP contribution in [0.4, 0.5) is 9.59 Å². The van der Waals surface area contributed by atoms with Crippen LogP contribution >= 0.6 is 0 Å². The van der Waals surface area contributed by atoms with E-state index in [1.807, 2.05) is 5.32 Å². The summed E-state index contributed by atoms with van der Waals surface area (Å²) in [7, 11) is 4.82. The van der Waals surface area contributed by atoms with E-state index in [2.05, 4.69) is 5.32 Å². The number of carbonyl (C=O) groups is 4. The first-order chi connectivity index (χ1) is 8.32. The Labute approximate surface area is 103 Å². The Balaban J connectivity index is 3.17. The highest BCUT2D eigenvalue weighted by molar-refractivity contribution is 6.20. The molecule has 0 saturated carbocycles. The highest BCUT2D eigenvalue weighted by Crippen LogP contribution is 2.23. The minimum absolute atomic E-state index is 0.665. The second kappa shape index (κ2) is 4.61. The largest absolute Gasteiger partial charge is 0.343 e. The van der Waals surface area contributed by atoms with Gasteiger partial charge in [0.1, 0.15) is 0 Å². The number of nitrogens with zero attached hydrogens (tertiary/aromatic N) is 2. The van der Waals surface area contributed by atoms with Gasteiger partial charge in [0.15, 0.2) is 0 Å². The highest BCUT2D eigenvalue weighted by Gasteiger charge is 2.59. The molecule has 9 nitrogen and oxygen atoms in total. The van der Waals surface area contributed by atoms with Crippen LogP contribution < -0.4 is 10.6 Å². The molecular formula is C9H14N4O5. The number of likely N-dealkylation sites (N-methyl/N-ethyl adjacent to an activating group) is 2. The molecule has 0 aromatic heterocycles. The second-order valence-electron chi connectivity index (χ2n) is 3.59. The van der Waals surface area contributed by atoms with Crippen LogP contribution in [0.1, 0.15) is 0 Å². The number of imide groups is 2. The van der Waals surface area contributed by atoms with Gasteiger partial charge >= 0.3 is 17.8 Å². The third-order valence-electron chi connectivity index (χ3n) is 2.71. The highest BCUT2D eigenvalue weighted by atomic mass is 16.5. The lowest BCUT2D eigenvalue weighted by Crippen LogP contribution is -2.62. The van der Waals surface area contributed by atoms with E-state index < -0.39 is 29.6 Å². The summed E-state index contributed by atoms with van der Waals surface area (Å²) in [5.41, 5.74) is -2.15. The Bertz CT molecular complexity index is 423. The van der Waals surface area contributed by atoms with Gasteiger partial charge in [-0.3, -0.25) is 24.7 Å². The number of amides is 6. The van der Waals surface area contributed by atoms with Gasteiger partial charge in [0.25, 0.3) is 11.8 Å². The molecule has 0 aliphatic carbocycles. The fourth-order valence-corrected chi connectivity index (χ4v) is 1.61. The smallest absolute Gasteiger partial charge is 0.327 e. The van der Waals surface area contributed by atoms with Gasteiger partial charge in [-0.25, -0.2) is 9.59 Å². The van der Waals surface area contributed by atoms with Gasteiger partial charge in [-0.2, -0.15) is 0 Å². The molecule has 1 aliphatic heterocycles. The molecule has 1 unspecified atom stereocenters. The molecule has 0 aromatic carbocycles. The summed E-state index contributed by atoms with van der Waals surface area (Å²) in [6.45, 7) is 0. The van der Waals surface area contributed by atoms with Gasteiger partial charge in [-0.05, 0) is 0 Å². The predicted molar refractivity (Wildman–Crippen MR) is 58.3 cm³/mol. The van der Waals surface area contributed by atoms with E-state index in [0.29, 0.717) is 4.90 Å². The Morgan fingerprint density at radius 2 is 2.00 bits per heavy atom. The third kappa shape index (κ3) is 1.68. The fourth-order valence-electron chi connectivity index (χ4n) is 1.61. The molecule has 6 amide bonds. The maximum absolute atomic E-state index is 12.2. The molecule has 1 fully saturated rings. The van der Waals surface area contributed by atoms with Crippen molar-refractivity contribution in [1.29, 1.82) is 0 Å². The van der Waals surface area contributed by atoms with E-state index in [0.717, 1.165) is 12.0 Å². The maximum atomic E-state index is 12.2. The summed E-state index contributed by atoms with van der Waals surface area (Å²) < 4.78 is 4.89. The lowest BCUT2D eigenvalue weighted by Gasteiger charge is -2.31. The quantitative estimate of drug-likeness (QED) is 0.454. The van der Waals surface area contributed by atoms with Crippen LogP contribution in [0.5, 0.6) is 0 Å². The molecule has 18 heavy (non-hydrogen) atoms. The van der Waals surface area contributed by atoms with E-state index in [9.17, 15) is 19.2 Å². The van der Waals surface area contributed by atoms with Gasteiger partial charge in [0.05, 0.1) is 0 Å². The van der Waals surface area contributed by atoms with Crippen LogP contribution in [-0.2, 0) is 14.3 Å². The molecule has 1 heterocycles. The first-order valence-electron chi connectivity index (χ1n) is 4.97. The third-order valence-corrected chi connectivity index (χ3v) is 2.71. The number of hydrogen-bond donors (Lipinski definition) is 2. The minimum Gasteiger partial charge on any atom is -0.343 e. The number of rotatable bonds is 2. The number of methoxy groups -OCH3 is 1. The molecule has 2 N–H and O–H groups in total. The SMILES string of the molecule is CNC(=O)N(C)C(=O)C1(OC)C(=O)NC(=O)N1C. The molecule has 0 aromatic rings. The molecular weight excluding hydrogens is 244 g/mol. The number of nitrogens with one attached hydrogen (secondary N) is 2. The average molecular weight is 258 g/mol. The summed E-state index contributed by atoms with van der Waals surface area (Å²) in [6.07, 6.45) is 0. The average Bonchev–Trinajstić information content (AvgIpc) is 2.58. The molecule has 1 saturated heterocycles. The van der Waals surface area contributed by atoms with Gasteiger partial charge in [-0.15, -0.1) is 0 Å². The molecule has 1 atom stereocenters. The van der Waals surface area contributed by atoms with Gasteiger partial charge in [0.2, 0.25) is 0 Å². The van der Waals surface area contributed by atoms with Crippen molar-refractivity contribution in [3.05, 3.63) is 0 Å². The second-order valence-corrected chi connectivity index (χ2v) is 3.59. The summed E-state index contributed by atoms with van der Waals surface area (Å²) in [5.74, 6) is -1.89. The van der Waals surface area contributed by atoms with E-state index >= 15 is 0 Å². The lowest BCUT2D eigenvalue weighted by molar-refractivity contribution is -0.172. The topological polar surface area (TPSA) is 108 Å². The first kappa shape index (κ1) is 13.9. The Morgan fingerprint density at radius 3 is 2.33 bits per heavy atom. The zero-order valence-electron chi connectivity index (χ0n) is 10.4. The van der Waals surface area contributed by atoms with E-state index in [4.69, 9.17) is 4.74 Å². The van der Waals surface area contributed by atoms with Crippen molar-refractivity contribution in [2.75, 3.05) is 28.3 Å². The van der Waals surface area contributed by atoms with Crippen molar-refractivity contribution in [3.63, 3.8) is 0 Å². The molecule has 0 bridgehead atoms. The fraction of sp³-hybridized carbons (Fsp3) is 0.556. The standard InChI is InChI=1S/C9H14N4O5/c1-10-7(16)12(2)6(15)9(18-4)5(14)11-8(17)13(9)3/h1-4H3,(H,10,16)(H,11,14,17). The summed E-state index contributed by atoms with van der Waals surface area (Å²) >= 11 is 0. The van der Waals surface area contributed by atoms with Crippen LogP contribution in [-0.4, -0.2) is 67.7 Å². The summed E-state index contributed by atoms with van der Waals surface area (Å²) in [5, 5.41) is 4.17. The van der Waals surface area contributed by atoms with E-state index in [1.54, 1.807) is 0 Å². The predicted octanol–water partition coefficient (Wildman–Crippen LogP) is -1.69. The zero-order valence-corrected chi connectivity index (χ0v) is 10.4. The Kier molecular flexibility index (Phi) is 3.56. The molecule has 1 rings (SSSR count). The van der Waals surface area contributed by atoms with Crippen LogP contribution in [0, 0.1) is 0 Å². The number of urea groups is 2. The number of hydrogen-bond acceptors (Lipinski definition) is 5. The monoisotopic (exact) mass is 258 g/mol. The molecule has 100 valence electrons. The first-order valence-corrected chi connectivity index (χ1v) is 4.97. The van der Waals surface area contributed by atoms with E-state index in [1.165, 1.54) is 21.1 Å². The zero-order chi connectivity index (χ0) is 14.1. The number of carbonyl (C=O) groups excluding carboxylic acids is 4. The van der Waals surface area contributed by atoms with Crippen molar-refractivity contribution in [1.82, 2.24) is 20.4 Å². The van der Waals surface area contributed by atoms with Gasteiger partial charge in [0, 0.05) is 28.3 Å².